The molecule has 32 heavy (non-hydrogen) atoms. The average molecular weight is 443 g/mol. The molecule has 3 aliphatic heterocycles. The first kappa shape index (κ1) is 22.5. The van der Waals surface area contributed by atoms with Crippen LogP contribution in [-0.4, -0.2) is 67.3 Å². The van der Waals surface area contributed by atoms with E-state index in [0.29, 0.717) is 42.5 Å². The maximum Gasteiger partial charge on any atom is 0.407 e. The van der Waals surface area contributed by atoms with Crippen LogP contribution in [0.15, 0.2) is 24.3 Å². The summed E-state index contributed by atoms with van der Waals surface area (Å²) < 4.78 is 18.3. The molecule has 0 spiro atoms. The Morgan fingerprint density at radius 3 is 2.72 bits per heavy atom. The van der Waals surface area contributed by atoms with E-state index in [1.54, 1.807) is 14.2 Å². The van der Waals surface area contributed by atoms with Gasteiger partial charge in [0.05, 0.1) is 19.9 Å². The molecule has 0 aliphatic carbocycles. The number of benzene rings is 1. The molecule has 4 heterocycles. The van der Waals surface area contributed by atoms with E-state index in [1.165, 1.54) is 12.1 Å². The standard InChI is InChI=1S/C24H34N4O4/c1-5-9-25-24(29)32-15-18-11-16-8-10-28(18)14-19(16)21-13-20(26-27(21)2)17-6-7-22(30-3)23(12-17)31-4/h6-7,12-13,16,18-19H,5,8-11,14-15H2,1-4H3,(H,25,29)/t16-,18-,19+/m1/s1. The fourth-order valence-corrected chi connectivity index (χ4v) is 5.06. The van der Waals surface area contributed by atoms with Gasteiger partial charge in [0.1, 0.15) is 6.61 Å². The highest BCUT2D eigenvalue weighted by Crippen LogP contribution is 2.43. The van der Waals surface area contributed by atoms with Gasteiger partial charge in [-0.05, 0) is 56.0 Å². The zero-order chi connectivity index (χ0) is 22.7. The summed E-state index contributed by atoms with van der Waals surface area (Å²) in [5, 5.41) is 7.59. The Bertz CT molecular complexity index is 944. The van der Waals surface area contributed by atoms with Crippen molar-refractivity contribution in [2.24, 2.45) is 13.0 Å². The van der Waals surface area contributed by atoms with Gasteiger partial charge >= 0.3 is 6.09 Å². The van der Waals surface area contributed by atoms with E-state index in [4.69, 9.17) is 19.3 Å². The first-order chi connectivity index (χ1) is 15.5. The minimum atomic E-state index is -0.308. The minimum Gasteiger partial charge on any atom is -0.493 e. The largest absolute Gasteiger partial charge is 0.493 e. The number of nitrogens with zero attached hydrogens (tertiary/aromatic N) is 3. The number of piperidine rings is 3. The van der Waals surface area contributed by atoms with Gasteiger partial charge in [-0.2, -0.15) is 5.10 Å². The summed E-state index contributed by atoms with van der Waals surface area (Å²) in [6.07, 6.45) is 2.81. The van der Waals surface area contributed by atoms with Gasteiger partial charge in [0.25, 0.3) is 0 Å². The molecule has 2 bridgehead atoms. The lowest BCUT2D eigenvalue weighted by Crippen LogP contribution is -2.54. The number of rotatable bonds is 8. The summed E-state index contributed by atoms with van der Waals surface area (Å²) in [5.74, 6) is 2.41. The number of hydrogen-bond acceptors (Lipinski definition) is 6. The van der Waals surface area contributed by atoms with Crippen molar-refractivity contribution in [1.82, 2.24) is 20.0 Å². The van der Waals surface area contributed by atoms with Crippen LogP contribution >= 0.6 is 0 Å². The topological polar surface area (TPSA) is 77.8 Å². The molecule has 1 unspecified atom stereocenters. The van der Waals surface area contributed by atoms with E-state index >= 15 is 0 Å². The lowest BCUT2D eigenvalue weighted by molar-refractivity contribution is -0.00414. The number of nitrogens with one attached hydrogen (secondary N) is 1. The summed E-state index contributed by atoms with van der Waals surface area (Å²) in [6, 6.07) is 8.41. The van der Waals surface area contributed by atoms with Crippen LogP contribution in [0.25, 0.3) is 11.3 Å². The first-order valence-electron chi connectivity index (χ1n) is 11.4. The summed E-state index contributed by atoms with van der Waals surface area (Å²) in [4.78, 5) is 14.3. The number of ether oxygens (including phenoxy) is 3. The lowest BCUT2D eigenvalue weighted by atomic mass is 9.74. The van der Waals surface area contributed by atoms with Crippen LogP contribution < -0.4 is 14.8 Å². The van der Waals surface area contributed by atoms with Crippen molar-refractivity contribution in [2.45, 2.75) is 38.1 Å². The van der Waals surface area contributed by atoms with E-state index in [-0.39, 0.29) is 6.09 Å². The van der Waals surface area contributed by atoms with Gasteiger partial charge in [-0.1, -0.05) is 6.92 Å². The van der Waals surface area contributed by atoms with Gasteiger partial charge in [0.15, 0.2) is 11.5 Å². The third kappa shape index (κ3) is 4.55. The van der Waals surface area contributed by atoms with Crippen LogP contribution in [0.5, 0.6) is 11.5 Å². The third-order valence-corrected chi connectivity index (χ3v) is 6.78. The van der Waals surface area contributed by atoms with Crippen LogP contribution in [-0.2, 0) is 11.8 Å². The smallest absolute Gasteiger partial charge is 0.407 e. The van der Waals surface area contributed by atoms with Crippen molar-refractivity contribution >= 4 is 6.09 Å². The molecule has 2 aromatic rings. The van der Waals surface area contributed by atoms with E-state index in [9.17, 15) is 4.79 Å². The number of fused-ring (bicyclic) bond motifs is 3. The Balaban J connectivity index is 1.45. The highest BCUT2D eigenvalue weighted by molar-refractivity contribution is 5.67. The zero-order valence-corrected chi connectivity index (χ0v) is 19.5. The molecule has 3 aliphatic rings. The van der Waals surface area contributed by atoms with Gasteiger partial charge in [0.2, 0.25) is 0 Å². The highest BCUT2D eigenvalue weighted by atomic mass is 16.5. The van der Waals surface area contributed by atoms with Crippen LogP contribution in [0.3, 0.4) is 0 Å². The Morgan fingerprint density at radius 2 is 2.03 bits per heavy atom. The maximum absolute atomic E-state index is 11.8. The van der Waals surface area contributed by atoms with Gasteiger partial charge in [0, 0.05) is 43.4 Å². The van der Waals surface area contributed by atoms with Crippen molar-refractivity contribution in [3.05, 3.63) is 30.0 Å². The molecular formula is C24H34N4O4. The van der Waals surface area contributed by atoms with Gasteiger partial charge in [-0.3, -0.25) is 9.58 Å². The van der Waals surface area contributed by atoms with Crippen molar-refractivity contribution < 1.29 is 19.0 Å². The molecule has 3 fully saturated rings. The van der Waals surface area contributed by atoms with Gasteiger partial charge in [-0.25, -0.2) is 4.79 Å². The Hall–Kier alpha value is -2.74. The summed E-state index contributed by atoms with van der Waals surface area (Å²) in [6.45, 7) is 5.18. The van der Waals surface area contributed by atoms with Crippen molar-refractivity contribution in [3.8, 4) is 22.8 Å². The second-order valence-corrected chi connectivity index (χ2v) is 8.71. The monoisotopic (exact) mass is 442 g/mol. The number of alkyl carbamates (subject to hydrolysis) is 1. The van der Waals surface area contributed by atoms with E-state index in [2.05, 4.69) is 16.3 Å². The summed E-state index contributed by atoms with van der Waals surface area (Å²) >= 11 is 0. The molecule has 0 radical (unpaired) electrons. The second-order valence-electron chi connectivity index (χ2n) is 8.71. The molecule has 0 saturated carbocycles. The normalized spacial score (nSPS) is 24.2. The lowest BCUT2D eigenvalue weighted by Gasteiger charge is -2.49. The number of amides is 1. The van der Waals surface area contributed by atoms with Crippen molar-refractivity contribution in [1.29, 1.82) is 0 Å². The fraction of sp³-hybridized carbons (Fsp3) is 0.583. The third-order valence-electron chi connectivity index (χ3n) is 6.78. The number of carbonyl (C=O) groups is 1. The highest BCUT2D eigenvalue weighted by Gasteiger charge is 2.42. The molecule has 4 atom stereocenters. The van der Waals surface area contributed by atoms with E-state index in [0.717, 1.165) is 37.2 Å². The number of aryl methyl sites for hydroxylation is 1. The first-order valence-corrected chi connectivity index (χ1v) is 11.4. The van der Waals surface area contributed by atoms with Gasteiger partial charge in [-0.15, -0.1) is 0 Å². The Labute approximate surface area is 189 Å². The number of aromatic nitrogens is 2. The maximum atomic E-state index is 11.8. The molecule has 1 N–H and O–H groups in total. The van der Waals surface area contributed by atoms with E-state index in [1.807, 2.05) is 36.9 Å². The molecule has 1 aromatic heterocycles. The summed E-state index contributed by atoms with van der Waals surface area (Å²) in [5.41, 5.74) is 3.20. The Morgan fingerprint density at radius 1 is 1.22 bits per heavy atom. The fourth-order valence-electron chi connectivity index (χ4n) is 5.06. The second kappa shape index (κ2) is 9.81. The molecule has 8 nitrogen and oxygen atoms in total. The van der Waals surface area contributed by atoms with Crippen LogP contribution in [0.1, 0.15) is 37.8 Å². The SMILES string of the molecule is CCCNC(=O)OC[C@H]1C[C@H]2CCN1C[C@@H]2c1cc(-c2ccc(OC)c(OC)c2)nn1C. The van der Waals surface area contributed by atoms with Gasteiger partial charge < -0.3 is 19.5 Å². The predicted molar refractivity (Wildman–Crippen MR) is 122 cm³/mol. The number of methoxy groups -OCH3 is 2. The molecule has 1 amide bonds. The van der Waals surface area contributed by atoms with Crippen LogP contribution in [0.2, 0.25) is 0 Å². The molecular weight excluding hydrogens is 408 g/mol. The van der Waals surface area contributed by atoms with Crippen LogP contribution in [0, 0.1) is 5.92 Å². The molecule has 8 heteroatoms. The average Bonchev–Trinajstić information content (AvgIpc) is 3.22. The van der Waals surface area contributed by atoms with E-state index < -0.39 is 0 Å². The summed E-state index contributed by atoms with van der Waals surface area (Å²) in [7, 11) is 5.31. The quantitative estimate of drug-likeness (QED) is 0.675. The minimum absolute atomic E-state index is 0.302. The Kier molecular flexibility index (Phi) is 6.89. The number of hydrogen-bond donors (Lipinski definition) is 1. The zero-order valence-electron chi connectivity index (χ0n) is 19.5. The van der Waals surface area contributed by atoms with Crippen molar-refractivity contribution in [2.75, 3.05) is 40.5 Å². The molecule has 174 valence electrons. The molecule has 3 saturated heterocycles. The van der Waals surface area contributed by atoms with Crippen LogP contribution in [0.4, 0.5) is 4.79 Å². The molecule has 5 rings (SSSR count). The predicted octanol–water partition coefficient (Wildman–Crippen LogP) is 3.42. The molecule has 1 aromatic carbocycles. The van der Waals surface area contributed by atoms with Crippen molar-refractivity contribution in [3.63, 3.8) is 0 Å². The number of carbonyl (C=O) groups excluding carboxylic acids is 1.